The van der Waals surface area contributed by atoms with Crippen LogP contribution in [-0.2, 0) is 13.1 Å². The number of nitrogens with one attached hydrogen (secondary N) is 2. The number of para-hydroxylation sites is 1. The number of rotatable bonds is 7. The van der Waals surface area contributed by atoms with Gasteiger partial charge in [-0.25, -0.2) is 13.8 Å². The number of hydrogen-bond donors (Lipinski definition) is 2. The molecular formula is C23H32F2IN5. The maximum atomic E-state index is 14.1. The lowest BCUT2D eigenvalue weighted by Gasteiger charge is -2.21. The van der Waals surface area contributed by atoms with Crippen molar-refractivity contribution in [1.29, 1.82) is 0 Å². The van der Waals surface area contributed by atoms with E-state index in [0.29, 0.717) is 19.6 Å². The second-order valence-corrected chi connectivity index (χ2v) is 7.85. The predicted octanol–water partition coefficient (Wildman–Crippen LogP) is 3.98. The van der Waals surface area contributed by atoms with E-state index in [1.54, 1.807) is 4.90 Å². The summed E-state index contributed by atoms with van der Waals surface area (Å²) >= 11 is 0. The molecule has 0 aliphatic carbocycles. The van der Waals surface area contributed by atoms with Crippen LogP contribution in [0.2, 0.25) is 0 Å². The van der Waals surface area contributed by atoms with Gasteiger partial charge in [0.25, 0.3) is 0 Å². The molecule has 3 rings (SSSR count). The van der Waals surface area contributed by atoms with E-state index in [4.69, 9.17) is 4.99 Å². The van der Waals surface area contributed by atoms with Crippen molar-refractivity contribution in [3.05, 3.63) is 65.2 Å². The minimum absolute atomic E-state index is 0. The zero-order valence-electron chi connectivity index (χ0n) is 18.4. The van der Waals surface area contributed by atoms with E-state index in [-0.39, 0.29) is 35.7 Å². The zero-order valence-corrected chi connectivity index (χ0v) is 20.7. The van der Waals surface area contributed by atoms with Crippen LogP contribution < -0.4 is 15.5 Å². The molecule has 1 aliphatic rings. The first-order valence-electron chi connectivity index (χ1n) is 10.4. The molecule has 0 radical (unpaired) electrons. The molecule has 1 aliphatic heterocycles. The Morgan fingerprint density at radius 3 is 2.42 bits per heavy atom. The van der Waals surface area contributed by atoms with Crippen molar-refractivity contribution >= 4 is 35.6 Å². The van der Waals surface area contributed by atoms with Crippen LogP contribution in [0.15, 0.2) is 47.5 Å². The minimum Gasteiger partial charge on any atom is -0.365 e. The summed E-state index contributed by atoms with van der Waals surface area (Å²) in [5.74, 6) is -0.319. The highest BCUT2D eigenvalue weighted by atomic mass is 127. The summed E-state index contributed by atoms with van der Waals surface area (Å²) in [6.07, 6.45) is 0.787. The first kappa shape index (κ1) is 25.3. The largest absolute Gasteiger partial charge is 0.365 e. The second-order valence-electron chi connectivity index (χ2n) is 7.85. The van der Waals surface area contributed by atoms with Gasteiger partial charge in [0.2, 0.25) is 0 Å². The molecule has 31 heavy (non-hydrogen) atoms. The molecule has 2 aromatic rings. The summed E-state index contributed by atoms with van der Waals surface area (Å²) in [7, 11) is 4.10. The van der Waals surface area contributed by atoms with Gasteiger partial charge in [0.05, 0.1) is 6.54 Å². The molecule has 8 heteroatoms. The van der Waals surface area contributed by atoms with Crippen molar-refractivity contribution in [3.63, 3.8) is 0 Å². The Hall–Kier alpha value is -1.94. The summed E-state index contributed by atoms with van der Waals surface area (Å²) < 4.78 is 28.2. The van der Waals surface area contributed by atoms with E-state index in [0.717, 1.165) is 25.5 Å². The van der Waals surface area contributed by atoms with Crippen molar-refractivity contribution < 1.29 is 8.78 Å². The fourth-order valence-electron chi connectivity index (χ4n) is 3.76. The summed E-state index contributed by atoms with van der Waals surface area (Å²) in [5.41, 5.74) is 2.50. The molecule has 170 valence electrons. The SMILES string of the molecule is CCNC(=NCc1ccccc1CN(C)C)NC1CCN(c2c(F)cccc2F)C1.I. The average Bonchev–Trinajstić information content (AvgIpc) is 3.15. The van der Waals surface area contributed by atoms with Gasteiger partial charge in [-0.2, -0.15) is 0 Å². The topological polar surface area (TPSA) is 42.9 Å². The normalized spacial score (nSPS) is 16.4. The van der Waals surface area contributed by atoms with Crippen LogP contribution in [0.5, 0.6) is 0 Å². The molecule has 2 aromatic carbocycles. The van der Waals surface area contributed by atoms with E-state index < -0.39 is 11.6 Å². The third-order valence-corrected chi connectivity index (χ3v) is 5.14. The summed E-state index contributed by atoms with van der Waals surface area (Å²) in [4.78, 5) is 8.66. The second kappa shape index (κ2) is 12.2. The summed E-state index contributed by atoms with van der Waals surface area (Å²) in [5, 5.41) is 6.71. The Morgan fingerprint density at radius 1 is 1.10 bits per heavy atom. The summed E-state index contributed by atoms with van der Waals surface area (Å²) in [6, 6.07) is 12.4. The lowest BCUT2D eigenvalue weighted by atomic mass is 10.1. The molecule has 0 aromatic heterocycles. The van der Waals surface area contributed by atoms with Crippen LogP contribution in [0.1, 0.15) is 24.5 Å². The highest BCUT2D eigenvalue weighted by Gasteiger charge is 2.27. The van der Waals surface area contributed by atoms with Crippen molar-refractivity contribution in [2.45, 2.75) is 32.5 Å². The van der Waals surface area contributed by atoms with Gasteiger partial charge in [0.15, 0.2) is 5.96 Å². The standard InChI is InChI=1S/C23H31F2N5.HI/c1-4-26-23(27-14-17-8-5-6-9-18(17)15-29(2)3)28-19-12-13-30(16-19)22-20(24)10-7-11-21(22)25;/h5-11,19H,4,12-16H2,1-3H3,(H2,26,27,28);1H. The minimum atomic E-state index is -0.520. The molecule has 0 amide bonds. The van der Waals surface area contributed by atoms with Gasteiger partial charge in [-0.3, -0.25) is 0 Å². The van der Waals surface area contributed by atoms with Gasteiger partial charge in [-0.05, 0) is 50.7 Å². The molecule has 1 unspecified atom stereocenters. The first-order valence-corrected chi connectivity index (χ1v) is 10.4. The van der Waals surface area contributed by atoms with Crippen molar-refractivity contribution in [2.75, 3.05) is 38.6 Å². The molecule has 1 fully saturated rings. The molecule has 1 atom stereocenters. The Kier molecular flexibility index (Phi) is 9.95. The van der Waals surface area contributed by atoms with Gasteiger partial charge in [-0.15, -0.1) is 24.0 Å². The van der Waals surface area contributed by atoms with E-state index in [9.17, 15) is 8.78 Å². The molecule has 1 heterocycles. The smallest absolute Gasteiger partial charge is 0.191 e. The monoisotopic (exact) mass is 543 g/mol. The Bertz CT molecular complexity index is 855. The summed E-state index contributed by atoms with van der Waals surface area (Å²) in [6.45, 7) is 5.32. The number of guanidine groups is 1. The van der Waals surface area contributed by atoms with Crippen molar-refractivity contribution in [1.82, 2.24) is 15.5 Å². The van der Waals surface area contributed by atoms with Gasteiger partial charge in [0.1, 0.15) is 17.3 Å². The third kappa shape index (κ3) is 7.03. The molecule has 0 bridgehead atoms. The molecule has 0 saturated carbocycles. The van der Waals surface area contributed by atoms with Crippen LogP contribution in [0.3, 0.4) is 0 Å². The van der Waals surface area contributed by atoms with Gasteiger partial charge >= 0.3 is 0 Å². The van der Waals surface area contributed by atoms with E-state index in [2.05, 4.69) is 41.8 Å². The van der Waals surface area contributed by atoms with Crippen molar-refractivity contribution in [3.8, 4) is 0 Å². The van der Waals surface area contributed by atoms with Crippen LogP contribution in [0, 0.1) is 11.6 Å². The molecule has 0 spiro atoms. The molecule has 2 N–H and O–H groups in total. The third-order valence-electron chi connectivity index (χ3n) is 5.14. The molecular weight excluding hydrogens is 511 g/mol. The number of benzene rings is 2. The van der Waals surface area contributed by atoms with E-state index in [1.165, 1.54) is 29.3 Å². The first-order chi connectivity index (χ1) is 14.5. The van der Waals surface area contributed by atoms with E-state index >= 15 is 0 Å². The van der Waals surface area contributed by atoms with Crippen LogP contribution >= 0.6 is 24.0 Å². The number of hydrogen-bond acceptors (Lipinski definition) is 3. The van der Waals surface area contributed by atoms with E-state index in [1.807, 2.05) is 19.1 Å². The number of anilines is 1. The zero-order chi connectivity index (χ0) is 21.5. The van der Waals surface area contributed by atoms with Crippen LogP contribution in [-0.4, -0.2) is 50.6 Å². The molecule has 1 saturated heterocycles. The van der Waals surface area contributed by atoms with Crippen LogP contribution in [0.25, 0.3) is 0 Å². The Balaban J connectivity index is 0.00000341. The van der Waals surface area contributed by atoms with Crippen molar-refractivity contribution in [2.24, 2.45) is 4.99 Å². The molecule has 5 nitrogen and oxygen atoms in total. The Morgan fingerprint density at radius 2 is 1.77 bits per heavy atom. The lowest BCUT2D eigenvalue weighted by molar-refractivity contribution is 0.401. The maximum Gasteiger partial charge on any atom is 0.191 e. The average molecular weight is 543 g/mol. The highest BCUT2D eigenvalue weighted by molar-refractivity contribution is 14.0. The fraction of sp³-hybridized carbons (Fsp3) is 0.435. The number of aliphatic imine (C=N–C) groups is 1. The van der Waals surface area contributed by atoms with Crippen LogP contribution in [0.4, 0.5) is 14.5 Å². The number of nitrogens with zero attached hydrogens (tertiary/aromatic N) is 3. The quantitative estimate of drug-likeness (QED) is 0.315. The fourth-order valence-corrected chi connectivity index (χ4v) is 3.76. The Labute approximate surface area is 200 Å². The van der Waals surface area contributed by atoms with Gasteiger partial charge < -0.3 is 20.4 Å². The van der Waals surface area contributed by atoms with Gasteiger partial charge in [-0.1, -0.05) is 30.3 Å². The highest BCUT2D eigenvalue weighted by Crippen LogP contribution is 2.26. The lowest BCUT2D eigenvalue weighted by Crippen LogP contribution is -2.44. The number of halogens is 3. The van der Waals surface area contributed by atoms with Gasteiger partial charge in [0, 0.05) is 32.2 Å². The maximum absolute atomic E-state index is 14.1. The predicted molar refractivity (Wildman–Crippen MR) is 134 cm³/mol.